The first-order chi connectivity index (χ1) is 15.0. The molecule has 8 atom stereocenters. The minimum atomic E-state index is -0.329. The van der Waals surface area contributed by atoms with Crippen LogP contribution in [0, 0.1) is 34.5 Å². The summed E-state index contributed by atoms with van der Waals surface area (Å²) in [5.74, 6) is 0.853. The summed E-state index contributed by atoms with van der Waals surface area (Å²) in [4.78, 5) is 35.4. The summed E-state index contributed by atoms with van der Waals surface area (Å²) in [5.41, 5.74) is 0.925. The molecule has 0 spiro atoms. The number of hydrogen-bond acceptors (Lipinski definition) is 6. The molecule has 0 aromatic carbocycles. The van der Waals surface area contributed by atoms with Crippen molar-refractivity contribution in [1.82, 2.24) is 0 Å². The number of allylic oxidation sites excluding steroid dienone is 3. The zero-order valence-electron chi connectivity index (χ0n) is 20.1. The van der Waals surface area contributed by atoms with Crippen LogP contribution in [-0.4, -0.2) is 30.1 Å². The van der Waals surface area contributed by atoms with Crippen LogP contribution in [0.15, 0.2) is 23.5 Å². The zero-order valence-corrected chi connectivity index (χ0v) is 20.1. The fraction of sp³-hybridized carbons (Fsp3) is 0.731. The molecule has 4 aliphatic carbocycles. The quantitative estimate of drug-likeness (QED) is 0.463. The fourth-order valence-electron chi connectivity index (χ4n) is 7.55. The maximum atomic E-state index is 12.1. The largest absolute Gasteiger partial charge is 0.462 e. The molecule has 0 unspecified atom stereocenters. The Morgan fingerprint density at radius 1 is 0.938 bits per heavy atom. The van der Waals surface area contributed by atoms with E-state index in [1.54, 1.807) is 0 Å². The second-order valence-corrected chi connectivity index (χ2v) is 10.9. The highest BCUT2D eigenvalue weighted by atomic mass is 16.6. The van der Waals surface area contributed by atoms with Crippen molar-refractivity contribution in [2.45, 2.75) is 85.9 Å². The van der Waals surface area contributed by atoms with Gasteiger partial charge in [-0.25, -0.2) is 0 Å². The number of carbonyl (C=O) groups is 3. The van der Waals surface area contributed by atoms with Crippen LogP contribution < -0.4 is 0 Å². The fourth-order valence-corrected chi connectivity index (χ4v) is 7.55. The van der Waals surface area contributed by atoms with Gasteiger partial charge in [-0.15, -0.1) is 0 Å². The Kier molecular flexibility index (Phi) is 5.79. The number of rotatable bonds is 3. The Morgan fingerprint density at radius 2 is 1.62 bits per heavy atom. The van der Waals surface area contributed by atoms with Crippen molar-refractivity contribution in [2.75, 3.05) is 0 Å². The Bertz CT molecular complexity index is 887. The molecule has 2 fully saturated rings. The smallest absolute Gasteiger partial charge is 0.307 e. The van der Waals surface area contributed by atoms with Gasteiger partial charge in [0.15, 0.2) is 0 Å². The molecule has 0 bridgehead atoms. The van der Waals surface area contributed by atoms with Crippen molar-refractivity contribution in [3.63, 3.8) is 0 Å². The topological polar surface area (TPSA) is 78.9 Å². The average molecular weight is 445 g/mol. The monoisotopic (exact) mass is 444 g/mol. The van der Waals surface area contributed by atoms with E-state index in [0.717, 1.165) is 37.7 Å². The summed E-state index contributed by atoms with van der Waals surface area (Å²) in [6, 6.07) is 0. The summed E-state index contributed by atoms with van der Waals surface area (Å²) in [7, 11) is 0. The molecule has 0 aliphatic heterocycles. The van der Waals surface area contributed by atoms with Crippen molar-refractivity contribution >= 4 is 17.9 Å². The van der Waals surface area contributed by atoms with Gasteiger partial charge >= 0.3 is 17.9 Å². The summed E-state index contributed by atoms with van der Waals surface area (Å²) in [5, 5.41) is 0. The van der Waals surface area contributed by atoms with Gasteiger partial charge in [0.25, 0.3) is 0 Å². The number of fused-ring (bicyclic) bond motifs is 5. The van der Waals surface area contributed by atoms with Gasteiger partial charge < -0.3 is 14.2 Å². The van der Waals surface area contributed by atoms with Crippen LogP contribution in [0.1, 0.15) is 73.6 Å². The van der Waals surface area contributed by atoms with E-state index in [9.17, 15) is 14.4 Å². The number of esters is 3. The van der Waals surface area contributed by atoms with Gasteiger partial charge in [-0.2, -0.15) is 0 Å². The van der Waals surface area contributed by atoms with Crippen molar-refractivity contribution in [1.29, 1.82) is 0 Å². The molecule has 0 saturated heterocycles. The van der Waals surface area contributed by atoms with Crippen LogP contribution in [0.3, 0.4) is 0 Å². The molecule has 0 amide bonds. The van der Waals surface area contributed by atoms with Gasteiger partial charge in [-0.05, 0) is 67.1 Å². The lowest BCUT2D eigenvalue weighted by molar-refractivity contribution is -0.165. The maximum Gasteiger partial charge on any atom is 0.307 e. The predicted molar refractivity (Wildman–Crippen MR) is 118 cm³/mol. The van der Waals surface area contributed by atoms with Crippen LogP contribution in [0.25, 0.3) is 0 Å². The Hall–Kier alpha value is -2.11. The van der Waals surface area contributed by atoms with E-state index in [-0.39, 0.29) is 52.8 Å². The number of hydrogen-bond donors (Lipinski definition) is 0. The van der Waals surface area contributed by atoms with Gasteiger partial charge in [0.2, 0.25) is 0 Å². The molecule has 4 aliphatic rings. The predicted octanol–water partition coefficient (Wildman–Crippen LogP) is 4.73. The lowest BCUT2D eigenvalue weighted by atomic mass is 9.47. The van der Waals surface area contributed by atoms with E-state index in [0.29, 0.717) is 17.6 Å². The summed E-state index contributed by atoms with van der Waals surface area (Å²) in [6.07, 6.45) is 8.39. The van der Waals surface area contributed by atoms with E-state index >= 15 is 0 Å². The van der Waals surface area contributed by atoms with E-state index in [4.69, 9.17) is 14.2 Å². The number of ether oxygens (including phenoxy) is 3. The van der Waals surface area contributed by atoms with Gasteiger partial charge in [0, 0.05) is 38.0 Å². The van der Waals surface area contributed by atoms with Crippen LogP contribution in [0.4, 0.5) is 0 Å². The molecule has 6 nitrogen and oxygen atoms in total. The molecule has 0 heterocycles. The Morgan fingerprint density at radius 3 is 2.25 bits per heavy atom. The van der Waals surface area contributed by atoms with Crippen LogP contribution in [0.5, 0.6) is 0 Å². The van der Waals surface area contributed by atoms with Crippen molar-refractivity contribution in [3.8, 4) is 0 Å². The normalized spacial score (nSPS) is 42.4. The van der Waals surface area contributed by atoms with Crippen molar-refractivity contribution in [2.24, 2.45) is 34.5 Å². The van der Waals surface area contributed by atoms with Gasteiger partial charge in [-0.1, -0.05) is 20.8 Å². The van der Waals surface area contributed by atoms with Crippen molar-refractivity contribution < 1.29 is 28.6 Å². The molecule has 2 saturated carbocycles. The highest BCUT2D eigenvalue weighted by molar-refractivity contribution is 5.68. The minimum Gasteiger partial charge on any atom is -0.462 e. The Balaban J connectivity index is 1.76. The second kappa shape index (κ2) is 8.03. The summed E-state index contributed by atoms with van der Waals surface area (Å²) < 4.78 is 17.2. The molecule has 6 heteroatoms. The van der Waals surface area contributed by atoms with E-state index in [1.165, 1.54) is 20.8 Å². The third kappa shape index (κ3) is 3.69. The highest BCUT2D eigenvalue weighted by Gasteiger charge is 2.62. The number of carbonyl (C=O) groups excluding carboxylic acids is 3. The summed E-state index contributed by atoms with van der Waals surface area (Å²) >= 11 is 0. The first-order valence-corrected chi connectivity index (χ1v) is 11.9. The first-order valence-electron chi connectivity index (χ1n) is 11.9. The molecule has 0 N–H and O–H groups in total. The van der Waals surface area contributed by atoms with Gasteiger partial charge in [-0.3, -0.25) is 14.4 Å². The lowest BCUT2D eigenvalue weighted by Crippen LogP contribution is -2.55. The van der Waals surface area contributed by atoms with Crippen LogP contribution in [0.2, 0.25) is 0 Å². The third-order valence-corrected chi connectivity index (χ3v) is 8.83. The van der Waals surface area contributed by atoms with Crippen LogP contribution in [-0.2, 0) is 28.6 Å². The first kappa shape index (κ1) is 23.1. The molecule has 4 rings (SSSR count). The molecular formula is C26H36O6. The Labute approximate surface area is 190 Å². The maximum absolute atomic E-state index is 12.1. The molecular weight excluding hydrogens is 408 g/mol. The van der Waals surface area contributed by atoms with Crippen LogP contribution >= 0.6 is 0 Å². The third-order valence-electron chi connectivity index (χ3n) is 8.83. The molecule has 0 aromatic heterocycles. The SMILES string of the molecule is CC(=O)OC1=CC2=C[C@H](OC(C)=O)[C@H]3[C@@H]4CC[C@H](OC(C)=O)[C@@]4(C)CC[C@@H]3[C@@]2(C)C[C@H]1C. The van der Waals surface area contributed by atoms with Gasteiger partial charge in [0.05, 0.1) is 0 Å². The van der Waals surface area contributed by atoms with E-state index in [2.05, 4.69) is 26.8 Å². The highest BCUT2D eigenvalue weighted by Crippen LogP contribution is 2.65. The lowest BCUT2D eigenvalue weighted by Gasteiger charge is -2.58. The van der Waals surface area contributed by atoms with E-state index < -0.39 is 0 Å². The standard InChI is InChI=1S/C26H36O6/c1-14-13-26(6)18(11-21(14)30-15(2)27)12-22(31-16(3)28)24-19-7-8-23(32-17(4)29)25(19,5)10-9-20(24)26/h11-12,14,19-20,22-24H,7-10,13H2,1-6H3/t14-,19+,20+,22+,23+,24+,25+,26+/m1/s1. The molecule has 32 heavy (non-hydrogen) atoms. The minimum absolute atomic E-state index is 0.0781. The molecule has 0 aromatic rings. The average Bonchev–Trinajstić information content (AvgIpc) is 2.98. The molecule has 0 radical (unpaired) electrons. The second-order valence-electron chi connectivity index (χ2n) is 10.9. The zero-order chi connectivity index (χ0) is 23.4. The van der Waals surface area contributed by atoms with Gasteiger partial charge in [0.1, 0.15) is 18.0 Å². The van der Waals surface area contributed by atoms with Crippen molar-refractivity contribution in [3.05, 3.63) is 23.5 Å². The molecule has 176 valence electrons. The summed E-state index contributed by atoms with van der Waals surface area (Å²) in [6.45, 7) is 11.1. The van der Waals surface area contributed by atoms with E-state index in [1.807, 2.05) is 6.08 Å².